The Bertz CT molecular complexity index is 553. The number of likely N-dealkylation sites (N-methyl/N-ethyl adjacent to an activating group) is 1. The Kier molecular flexibility index (Phi) is 6.38. The van der Waals surface area contributed by atoms with E-state index in [1.54, 1.807) is 32.3 Å². The van der Waals surface area contributed by atoms with E-state index < -0.39 is 0 Å². The van der Waals surface area contributed by atoms with Gasteiger partial charge in [0.15, 0.2) is 5.96 Å². The number of hydrogen-bond donors (Lipinski definition) is 2. The molecule has 0 unspecified atom stereocenters. The topological polar surface area (TPSA) is 56.7 Å². The third kappa shape index (κ3) is 5.54. The average Bonchev–Trinajstić information content (AvgIpc) is 3.03. The van der Waals surface area contributed by atoms with E-state index in [4.69, 9.17) is 0 Å². The van der Waals surface area contributed by atoms with Crippen LogP contribution in [0.4, 0.5) is 4.39 Å². The predicted molar refractivity (Wildman–Crippen MR) is 89.6 cm³/mol. The molecule has 0 spiro atoms. The molecule has 0 radical (unpaired) electrons. The van der Waals surface area contributed by atoms with Crippen molar-refractivity contribution >= 4 is 11.9 Å². The molecule has 126 valence electrons. The van der Waals surface area contributed by atoms with Gasteiger partial charge in [0.1, 0.15) is 5.82 Å². The number of guanidine groups is 1. The van der Waals surface area contributed by atoms with Crippen LogP contribution in [0, 0.1) is 5.82 Å². The highest BCUT2D eigenvalue weighted by molar-refractivity contribution is 5.86. The summed E-state index contributed by atoms with van der Waals surface area (Å²) in [4.78, 5) is 17.7. The van der Waals surface area contributed by atoms with Gasteiger partial charge in [0, 0.05) is 25.7 Å². The zero-order chi connectivity index (χ0) is 16.7. The molecule has 0 bridgehead atoms. The SMILES string of the molecule is CN(C)C(=O)CNC(=NCc1ccccc1F)NC1CCCC1. The van der Waals surface area contributed by atoms with Crippen LogP contribution in [0.25, 0.3) is 0 Å². The highest BCUT2D eigenvalue weighted by Gasteiger charge is 2.16. The zero-order valence-corrected chi connectivity index (χ0v) is 13.8. The second kappa shape index (κ2) is 8.50. The molecule has 1 saturated carbocycles. The molecule has 1 aromatic rings. The number of nitrogens with zero attached hydrogens (tertiary/aromatic N) is 2. The van der Waals surface area contributed by atoms with Crippen LogP contribution >= 0.6 is 0 Å². The van der Waals surface area contributed by atoms with Crippen LogP contribution in [0.5, 0.6) is 0 Å². The molecule has 1 aromatic carbocycles. The minimum atomic E-state index is -0.263. The van der Waals surface area contributed by atoms with Crippen molar-refractivity contribution in [2.45, 2.75) is 38.3 Å². The Balaban J connectivity index is 2.00. The molecule has 23 heavy (non-hydrogen) atoms. The zero-order valence-electron chi connectivity index (χ0n) is 13.8. The first-order valence-electron chi connectivity index (χ1n) is 8.04. The fraction of sp³-hybridized carbons (Fsp3) is 0.529. The molecule has 0 aliphatic heterocycles. The molecule has 0 saturated heterocycles. The third-order valence-corrected chi connectivity index (χ3v) is 3.97. The summed E-state index contributed by atoms with van der Waals surface area (Å²) in [5, 5.41) is 6.39. The van der Waals surface area contributed by atoms with Crippen molar-refractivity contribution in [2.24, 2.45) is 4.99 Å². The number of rotatable bonds is 5. The minimum absolute atomic E-state index is 0.0307. The molecule has 1 amide bonds. The van der Waals surface area contributed by atoms with E-state index in [1.807, 2.05) is 0 Å². The summed E-state index contributed by atoms with van der Waals surface area (Å²) in [6, 6.07) is 6.97. The Hall–Kier alpha value is -2.11. The first-order valence-corrected chi connectivity index (χ1v) is 8.04. The molecule has 6 heteroatoms. The summed E-state index contributed by atoms with van der Waals surface area (Å²) in [5.41, 5.74) is 0.541. The summed E-state index contributed by atoms with van der Waals surface area (Å²) in [6.45, 7) is 0.410. The number of amides is 1. The van der Waals surface area contributed by atoms with Crippen LogP contribution in [-0.4, -0.2) is 43.4 Å². The van der Waals surface area contributed by atoms with Gasteiger partial charge in [0.2, 0.25) is 5.91 Å². The summed E-state index contributed by atoms with van der Waals surface area (Å²) < 4.78 is 13.7. The molecular weight excluding hydrogens is 295 g/mol. The van der Waals surface area contributed by atoms with E-state index in [0.29, 0.717) is 17.6 Å². The predicted octanol–water partition coefficient (Wildman–Crippen LogP) is 1.89. The van der Waals surface area contributed by atoms with E-state index >= 15 is 0 Å². The van der Waals surface area contributed by atoms with E-state index in [1.165, 1.54) is 23.8 Å². The van der Waals surface area contributed by atoms with Crippen LogP contribution in [-0.2, 0) is 11.3 Å². The van der Waals surface area contributed by atoms with Gasteiger partial charge in [-0.15, -0.1) is 0 Å². The van der Waals surface area contributed by atoms with Crippen LogP contribution < -0.4 is 10.6 Å². The molecule has 0 aromatic heterocycles. The number of nitrogens with one attached hydrogen (secondary N) is 2. The number of hydrogen-bond acceptors (Lipinski definition) is 2. The highest BCUT2D eigenvalue weighted by atomic mass is 19.1. The lowest BCUT2D eigenvalue weighted by Crippen LogP contribution is -2.46. The fourth-order valence-corrected chi connectivity index (χ4v) is 2.52. The summed E-state index contributed by atoms with van der Waals surface area (Å²) >= 11 is 0. The van der Waals surface area contributed by atoms with Crippen LogP contribution in [0.1, 0.15) is 31.2 Å². The van der Waals surface area contributed by atoms with E-state index in [0.717, 1.165) is 12.8 Å². The van der Waals surface area contributed by atoms with E-state index in [-0.39, 0.29) is 24.8 Å². The van der Waals surface area contributed by atoms with Gasteiger partial charge in [-0.25, -0.2) is 9.38 Å². The lowest BCUT2D eigenvalue weighted by molar-refractivity contribution is -0.127. The molecular formula is C17H25FN4O. The lowest BCUT2D eigenvalue weighted by Gasteiger charge is -2.18. The van der Waals surface area contributed by atoms with E-state index in [2.05, 4.69) is 15.6 Å². The molecule has 5 nitrogen and oxygen atoms in total. The highest BCUT2D eigenvalue weighted by Crippen LogP contribution is 2.17. The molecule has 0 atom stereocenters. The van der Waals surface area contributed by atoms with Crippen molar-refractivity contribution < 1.29 is 9.18 Å². The summed E-state index contributed by atoms with van der Waals surface area (Å²) in [7, 11) is 3.43. The Labute approximate surface area is 137 Å². The van der Waals surface area contributed by atoms with Crippen molar-refractivity contribution in [1.29, 1.82) is 0 Å². The number of carbonyl (C=O) groups excluding carboxylic acids is 1. The normalized spacial score (nSPS) is 15.5. The molecule has 1 aliphatic rings. The van der Waals surface area contributed by atoms with Crippen LogP contribution in [0.3, 0.4) is 0 Å². The number of aliphatic imine (C=N–C) groups is 1. The van der Waals surface area contributed by atoms with Crippen molar-refractivity contribution in [3.63, 3.8) is 0 Å². The van der Waals surface area contributed by atoms with Crippen molar-refractivity contribution in [1.82, 2.24) is 15.5 Å². The maximum absolute atomic E-state index is 13.7. The third-order valence-electron chi connectivity index (χ3n) is 3.97. The van der Waals surface area contributed by atoms with Gasteiger partial charge in [-0.05, 0) is 18.9 Å². The van der Waals surface area contributed by atoms with Crippen molar-refractivity contribution in [3.8, 4) is 0 Å². The Morgan fingerprint density at radius 2 is 2.00 bits per heavy atom. The van der Waals surface area contributed by atoms with E-state index in [9.17, 15) is 9.18 Å². The smallest absolute Gasteiger partial charge is 0.241 e. The molecule has 1 fully saturated rings. The van der Waals surface area contributed by atoms with Gasteiger partial charge in [0.25, 0.3) is 0 Å². The fourth-order valence-electron chi connectivity index (χ4n) is 2.52. The Morgan fingerprint density at radius 1 is 1.30 bits per heavy atom. The Morgan fingerprint density at radius 3 is 2.65 bits per heavy atom. The monoisotopic (exact) mass is 320 g/mol. The summed E-state index contributed by atoms with van der Waals surface area (Å²) in [6.07, 6.45) is 4.60. The van der Waals surface area contributed by atoms with Gasteiger partial charge >= 0.3 is 0 Å². The molecule has 1 aliphatic carbocycles. The largest absolute Gasteiger partial charge is 0.354 e. The standard InChI is InChI=1S/C17H25FN4O/c1-22(2)16(23)12-20-17(21-14-8-4-5-9-14)19-11-13-7-3-6-10-15(13)18/h3,6-7,10,14H,4-5,8-9,11-12H2,1-2H3,(H2,19,20,21). The number of benzene rings is 1. The summed E-state index contributed by atoms with van der Waals surface area (Å²) in [5.74, 6) is 0.271. The lowest BCUT2D eigenvalue weighted by atomic mass is 10.2. The average molecular weight is 320 g/mol. The first kappa shape index (κ1) is 17.2. The quantitative estimate of drug-likeness (QED) is 0.643. The van der Waals surface area contributed by atoms with Crippen LogP contribution in [0.2, 0.25) is 0 Å². The maximum Gasteiger partial charge on any atom is 0.241 e. The second-order valence-electron chi connectivity index (χ2n) is 6.02. The molecule has 2 N–H and O–H groups in total. The van der Waals surface area contributed by atoms with Crippen molar-refractivity contribution in [3.05, 3.63) is 35.6 Å². The maximum atomic E-state index is 13.7. The second-order valence-corrected chi connectivity index (χ2v) is 6.02. The molecule has 0 heterocycles. The van der Waals surface area contributed by atoms with Gasteiger partial charge in [-0.3, -0.25) is 4.79 Å². The van der Waals surface area contributed by atoms with Crippen molar-refractivity contribution in [2.75, 3.05) is 20.6 Å². The number of carbonyl (C=O) groups is 1. The van der Waals surface area contributed by atoms with Gasteiger partial charge in [0.05, 0.1) is 13.1 Å². The molecule has 2 rings (SSSR count). The van der Waals surface area contributed by atoms with Gasteiger partial charge in [-0.2, -0.15) is 0 Å². The number of halogens is 1. The minimum Gasteiger partial charge on any atom is -0.354 e. The van der Waals surface area contributed by atoms with Crippen LogP contribution in [0.15, 0.2) is 29.3 Å². The first-order chi connectivity index (χ1) is 11.1. The van der Waals surface area contributed by atoms with Gasteiger partial charge in [-0.1, -0.05) is 31.0 Å². The van der Waals surface area contributed by atoms with Gasteiger partial charge < -0.3 is 15.5 Å².